The number of rotatable bonds is 3. The molecule has 0 aliphatic carbocycles. The summed E-state index contributed by atoms with van der Waals surface area (Å²) in [4.78, 5) is 11.6. The fraction of sp³-hybridized carbons (Fsp3) is 0.286. The van der Waals surface area contributed by atoms with E-state index in [1.807, 2.05) is 13.0 Å². The summed E-state index contributed by atoms with van der Waals surface area (Å²) < 4.78 is 5.48. The maximum Gasteiger partial charge on any atom is 0.265 e. The number of carbonyl (C=O) groups is 1. The van der Waals surface area contributed by atoms with Crippen LogP contribution in [0.2, 0.25) is 0 Å². The molecule has 1 aromatic rings. The van der Waals surface area contributed by atoms with Gasteiger partial charge in [0.1, 0.15) is 5.75 Å². The number of anilines is 2. The second-order valence-corrected chi connectivity index (χ2v) is 5.13. The Balaban J connectivity index is 2.04. The number of benzene rings is 1. The van der Waals surface area contributed by atoms with Crippen LogP contribution in [0.25, 0.3) is 0 Å². The van der Waals surface area contributed by atoms with Crippen molar-refractivity contribution in [2.75, 3.05) is 17.2 Å². The van der Waals surface area contributed by atoms with E-state index >= 15 is 0 Å². The molecule has 2 rings (SSSR count). The van der Waals surface area contributed by atoms with Crippen molar-refractivity contribution in [2.24, 2.45) is 0 Å². The Hall–Kier alpha value is -2.08. The lowest BCUT2D eigenvalue weighted by molar-refractivity contribution is -0.122. The van der Waals surface area contributed by atoms with Gasteiger partial charge in [0.15, 0.2) is 11.2 Å². The Bertz CT molecular complexity index is 572. The largest absolute Gasteiger partial charge is 0.479 e. The quantitative estimate of drug-likeness (QED) is 0.589. The molecule has 0 radical (unpaired) electrons. The van der Waals surface area contributed by atoms with Crippen molar-refractivity contribution >= 4 is 34.6 Å². The summed E-state index contributed by atoms with van der Waals surface area (Å²) in [6.45, 7) is 8.04. The maximum absolute atomic E-state index is 11.6. The Kier molecular flexibility index (Phi) is 4.24. The molecule has 0 fully saturated rings. The fourth-order valence-corrected chi connectivity index (χ4v) is 1.88. The highest BCUT2D eigenvalue weighted by Gasteiger charge is 2.23. The fourth-order valence-electron chi connectivity index (χ4n) is 1.69. The molecule has 1 aliphatic rings. The van der Waals surface area contributed by atoms with Crippen molar-refractivity contribution in [3.8, 4) is 5.75 Å². The van der Waals surface area contributed by atoms with Crippen molar-refractivity contribution in [1.29, 1.82) is 0 Å². The first-order valence-electron chi connectivity index (χ1n) is 6.26. The summed E-state index contributed by atoms with van der Waals surface area (Å²) in [7, 11) is 0. The number of carbonyl (C=O) groups excluding carboxylic acids is 1. The minimum atomic E-state index is -0.473. The standard InChI is InChI=1S/C14H17N3O2S/c1-8(2)7-15-14(20)16-10-4-5-12-11(6-10)17-13(18)9(3)19-12/h4-6,9H,1,7H2,2-3H3,(H,17,18)(H2,15,16,20)/t9-/m1/s1. The zero-order chi connectivity index (χ0) is 14.7. The van der Waals surface area contributed by atoms with Gasteiger partial charge in [-0.15, -0.1) is 0 Å². The van der Waals surface area contributed by atoms with Gasteiger partial charge >= 0.3 is 0 Å². The first kappa shape index (κ1) is 14.3. The lowest BCUT2D eigenvalue weighted by atomic mass is 10.2. The Labute approximate surface area is 123 Å². The van der Waals surface area contributed by atoms with Crippen LogP contribution < -0.4 is 20.7 Å². The molecule has 0 spiro atoms. The second kappa shape index (κ2) is 5.92. The van der Waals surface area contributed by atoms with E-state index in [0.717, 1.165) is 11.3 Å². The van der Waals surface area contributed by atoms with Gasteiger partial charge in [-0.1, -0.05) is 12.2 Å². The van der Waals surface area contributed by atoms with Gasteiger partial charge in [-0.25, -0.2) is 0 Å². The molecule has 1 heterocycles. The highest BCUT2D eigenvalue weighted by molar-refractivity contribution is 7.80. The smallest absolute Gasteiger partial charge is 0.265 e. The molecule has 1 amide bonds. The van der Waals surface area contributed by atoms with Gasteiger partial charge < -0.3 is 20.7 Å². The summed E-state index contributed by atoms with van der Waals surface area (Å²) in [6.07, 6.45) is -0.473. The molecule has 1 aliphatic heterocycles. The molecular formula is C14H17N3O2S. The van der Waals surface area contributed by atoms with E-state index in [0.29, 0.717) is 23.1 Å². The predicted molar refractivity (Wildman–Crippen MR) is 84.2 cm³/mol. The molecule has 1 aromatic carbocycles. The topological polar surface area (TPSA) is 62.4 Å². The van der Waals surface area contributed by atoms with E-state index in [9.17, 15) is 4.79 Å². The van der Waals surface area contributed by atoms with E-state index in [4.69, 9.17) is 17.0 Å². The second-order valence-electron chi connectivity index (χ2n) is 4.73. The summed E-state index contributed by atoms with van der Waals surface area (Å²) in [5.41, 5.74) is 2.41. The summed E-state index contributed by atoms with van der Waals surface area (Å²) in [5, 5.41) is 9.37. The normalized spacial score (nSPS) is 16.5. The summed E-state index contributed by atoms with van der Waals surface area (Å²) in [5.74, 6) is 0.501. The third-order valence-electron chi connectivity index (χ3n) is 2.72. The van der Waals surface area contributed by atoms with Crippen LogP contribution in [0, 0.1) is 0 Å². The molecular weight excluding hydrogens is 274 g/mol. The monoisotopic (exact) mass is 291 g/mol. The average Bonchev–Trinajstić information content (AvgIpc) is 2.38. The summed E-state index contributed by atoms with van der Waals surface area (Å²) >= 11 is 5.17. The Morgan fingerprint density at radius 3 is 3.00 bits per heavy atom. The van der Waals surface area contributed by atoms with Crippen LogP contribution in [0.4, 0.5) is 11.4 Å². The third-order valence-corrected chi connectivity index (χ3v) is 2.97. The lowest BCUT2D eigenvalue weighted by Crippen LogP contribution is -2.34. The van der Waals surface area contributed by atoms with Gasteiger partial charge in [-0.05, 0) is 44.3 Å². The number of hydrogen-bond acceptors (Lipinski definition) is 3. The molecule has 0 unspecified atom stereocenters. The van der Waals surface area contributed by atoms with Crippen molar-refractivity contribution in [1.82, 2.24) is 5.32 Å². The van der Waals surface area contributed by atoms with Crippen molar-refractivity contribution < 1.29 is 9.53 Å². The van der Waals surface area contributed by atoms with Gasteiger partial charge in [0.2, 0.25) is 0 Å². The Morgan fingerprint density at radius 1 is 1.55 bits per heavy atom. The van der Waals surface area contributed by atoms with E-state index in [1.165, 1.54) is 0 Å². The number of ether oxygens (including phenoxy) is 1. The highest BCUT2D eigenvalue weighted by Crippen LogP contribution is 2.32. The zero-order valence-corrected chi connectivity index (χ0v) is 12.3. The molecule has 6 heteroatoms. The van der Waals surface area contributed by atoms with Crippen LogP contribution in [-0.2, 0) is 4.79 Å². The van der Waals surface area contributed by atoms with Gasteiger partial charge in [-0.2, -0.15) is 0 Å². The van der Waals surface area contributed by atoms with Crippen LogP contribution in [0.3, 0.4) is 0 Å². The highest BCUT2D eigenvalue weighted by atomic mass is 32.1. The van der Waals surface area contributed by atoms with Crippen LogP contribution in [0.5, 0.6) is 5.75 Å². The SMILES string of the molecule is C=C(C)CNC(=S)Nc1ccc2c(c1)NC(=O)[C@@H](C)O2. The van der Waals surface area contributed by atoms with Crippen LogP contribution >= 0.6 is 12.2 Å². The molecule has 0 saturated heterocycles. The minimum Gasteiger partial charge on any atom is -0.479 e. The van der Waals surface area contributed by atoms with Crippen molar-refractivity contribution in [3.63, 3.8) is 0 Å². The van der Waals surface area contributed by atoms with Crippen LogP contribution in [-0.4, -0.2) is 23.7 Å². The van der Waals surface area contributed by atoms with Crippen molar-refractivity contribution in [2.45, 2.75) is 20.0 Å². The molecule has 5 nitrogen and oxygen atoms in total. The number of nitrogens with one attached hydrogen (secondary N) is 3. The van der Waals surface area contributed by atoms with Crippen LogP contribution in [0.1, 0.15) is 13.8 Å². The molecule has 20 heavy (non-hydrogen) atoms. The predicted octanol–water partition coefficient (Wildman–Crippen LogP) is 2.27. The molecule has 0 saturated carbocycles. The van der Waals surface area contributed by atoms with E-state index in [2.05, 4.69) is 22.5 Å². The molecule has 3 N–H and O–H groups in total. The first-order chi connectivity index (χ1) is 9.45. The Morgan fingerprint density at radius 2 is 2.30 bits per heavy atom. The van der Waals surface area contributed by atoms with Crippen LogP contribution in [0.15, 0.2) is 30.4 Å². The molecule has 106 valence electrons. The zero-order valence-electron chi connectivity index (χ0n) is 11.4. The average molecular weight is 291 g/mol. The van der Waals surface area contributed by atoms with Gasteiger partial charge in [0.05, 0.1) is 5.69 Å². The molecule has 1 atom stereocenters. The minimum absolute atomic E-state index is 0.155. The van der Waals surface area contributed by atoms with Gasteiger partial charge in [0.25, 0.3) is 5.91 Å². The third kappa shape index (κ3) is 3.48. The number of thiocarbonyl (C=S) groups is 1. The van der Waals surface area contributed by atoms with E-state index in [1.54, 1.807) is 19.1 Å². The molecule has 0 bridgehead atoms. The molecule has 0 aromatic heterocycles. The summed E-state index contributed by atoms with van der Waals surface area (Å²) in [6, 6.07) is 5.43. The van der Waals surface area contributed by atoms with E-state index in [-0.39, 0.29) is 5.91 Å². The van der Waals surface area contributed by atoms with Gasteiger partial charge in [-0.3, -0.25) is 4.79 Å². The number of hydrogen-bond donors (Lipinski definition) is 3. The lowest BCUT2D eigenvalue weighted by Gasteiger charge is -2.23. The maximum atomic E-state index is 11.6. The number of fused-ring (bicyclic) bond motifs is 1. The number of amides is 1. The van der Waals surface area contributed by atoms with E-state index < -0.39 is 6.10 Å². The van der Waals surface area contributed by atoms with Gasteiger partial charge in [0, 0.05) is 12.2 Å². The van der Waals surface area contributed by atoms with Crippen molar-refractivity contribution in [3.05, 3.63) is 30.4 Å². The first-order valence-corrected chi connectivity index (χ1v) is 6.67.